The number of nitrogens with zero attached hydrogens (tertiary/aromatic N) is 1. The molecule has 1 saturated heterocycles. The lowest BCUT2D eigenvalue weighted by Gasteiger charge is -2.27. The molecule has 106 valence electrons. The van der Waals surface area contributed by atoms with E-state index in [1.54, 1.807) is 13.2 Å². The van der Waals surface area contributed by atoms with Crippen molar-refractivity contribution in [3.63, 3.8) is 0 Å². The van der Waals surface area contributed by atoms with Crippen molar-refractivity contribution in [1.82, 2.24) is 4.90 Å². The molecule has 1 aromatic rings. The fourth-order valence-corrected chi connectivity index (χ4v) is 2.92. The molecule has 1 N–H and O–H groups in total. The van der Waals surface area contributed by atoms with Crippen LogP contribution in [0, 0.1) is 0 Å². The van der Waals surface area contributed by atoms with Gasteiger partial charge in [0.1, 0.15) is 0 Å². The van der Waals surface area contributed by atoms with E-state index in [0.717, 1.165) is 18.7 Å². The van der Waals surface area contributed by atoms with E-state index in [0.29, 0.717) is 16.8 Å². The highest BCUT2D eigenvalue weighted by molar-refractivity contribution is 6.30. The predicted molar refractivity (Wildman–Crippen MR) is 78.0 cm³/mol. The molecule has 0 saturated carbocycles. The Morgan fingerprint density at radius 3 is 2.89 bits per heavy atom. The quantitative estimate of drug-likeness (QED) is 0.915. The minimum Gasteiger partial charge on any atom is -0.504 e. The second-order valence-electron chi connectivity index (χ2n) is 5.28. The Bertz CT molecular complexity index is 436. The first-order valence-corrected chi connectivity index (χ1v) is 7.29. The number of ether oxygens (including phenoxy) is 1. The summed E-state index contributed by atoms with van der Waals surface area (Å²) in [4.78, 5) is 2.41. The summed E-state index contributed by atoms with van der Waals surface area (Å²) in [6.07, 6.45) is 5.04. The number of rotatable bonds is 3. The van der Waals surface area contributed by atoms with Gasteiger partial charge in [-0.3, -0.25) is 4.90 Å². The smallest absolute Gasteiger partial charge is 0.162 e. The topological polar surface area (TPSA) is 32.7 Å². The lowest BCUT2D eigenvalue weighted by molar-refractivity contribution is 0.202. The third-order valence-corrected chi connectivity index (χ3v) is 4.12. The van der Waals surface area contributed by atoms with Crippen molar-refractivity contribution < 1.29 is 9.84 Å². The minimum atomic E-state index is 0.211. The normalized spacial score (nSPS) is 21.1. The van der Waals surface area contributed by atoms with Gasteiger partial charge in [-0.15, -0.1) is 0 Å². The SMILES string of the molecule is COc1cc(Cl)cc(CN2CCCCCC2C)c1O. The van der Waals surface area contributed by atoms with E-state index in [-0.39, 0.29) is 5.75 Å². The maximum Gasteiger partial charge on any atom is 0.162 e. The van der Waals surface area contributed by atoms with Crippen LogP contribution in [0.4, 0.5) is 0 Å². The Balaban J connectivity index is 2.19. The zero-order valence-electron chi connectivity index (χ0n) is 11.7. The molecular weight excluding hydrogens is 262 g/mol. The maximum absolute atomic E-state index is 10.2. The van der Waals surface area contributed by atoms with E-state index >= 15 is 0 Å². The molecule has 0 aliphatic carbocycles. The van der Waals surface area contributed by atoms with Crippen LogP contribution in [-0.4, -0.2) is 29.7 Å². The molecule has 1 atom stereocenters. The van der Waals surface area contributed by atoms with E-state index in [9.17, 15) is 5.11 Å². The molecule has 1 aliphatic rings. The molecule has 3 nitrogen and oxygen atoms in total. The standard InChI is InChI=1S/C15H22ClNO2/c1-11-6-4-3-5-7-17(11)10-12-8-13(16)9-14(19-2)15(12)18/h8-9,11,18H,3-7,10H2,1-2H3. The molecule has 0 spiro atoms. The van der Waals surface area contributed by atoms with Gasteiger partial charge < -0.3 is 9.84 Å². The van der Waals surface area contributed by atoms with E-state index in [2.05, 4.69) is 11.8 Å². The van der Waals surface area contributed by atoms with Gasteiger partial charge in [0.25, 0.3) is 0 Å². The first kappa shape index (κ1) is 14.5. The van der Waals surface area contributed by atoms with Crippen LogP contribution in [0.2, 0.25) is 5.02 Å². The number of benzene rings is 1. The number of phenolic OH excluding ortho intramolecular Hbond substituents is 1. The summed E-state index contributed by atoms with van der Waals surface area (Å²) < 4.78 is 5.15. The number of methoxy groups -OCH3 is 1. The van der Waals surface area contributed by atoms with E-state index in [1.807, 2.05) is 6.07 Å². The van der Waals surface area contributed by atoms with Gasteiger partial charge in [0.05, 0.1) is 7.11 Å². The Morgan fingerprint density at radius 1 is 1.37 bits per heavy atom. The minimum absolute atomic E-state index is 0.211. The molecule has 0 bridgehead atoms. The highest BCUT2D eigenvalue weighted by Gasteiger charge is 2.19. The predicted octanol–water partition coefficient (Wildman–Crippen LogP) is 3.82. The summed E-state index contributed by atoms with van der Waals surface area (Å²) >= 11 is 6.08. The van der Waals surface area contributed by atoms with Crippen LogP contribution < -0.4 is 4.74 Å². The van der Waals surface area contributed by atoms with Gasteiger partial charge in [0, 0.05) is 29.2 Å². The van der Waals surface area contributed by atoms with Gasteiger partial charge in [-0.05, 0) is 32.4 Å². The third kappa shape index (κ3) is 3.54. The summed E-state index contributed by atoms with van der Waals surface area (Å²) in [6, 6.07) is 4.02. The van der Waals surface area contributed by atoms with Crippen LogP contribution in [0.3, 0.4) is 0 Å². The van der Waals surface area contributed by atoms with Crippen LogP contribution in [0.15, 0.2) is 12.1 Å². The second kappa shape index (κ2) is 6.49. The lowest BCUT2D eigenvalue weighted by atomic mass is 10.1. The van der Waals surface area contributed by atoms with Crippen molar-refractivity contribution in [2.75, 3.05) is 13.7 Å². The molecule has 2 rings (SSSR count). The van der Waals surface area contributed by atoms with Crippen molar-refractivity contribution in [3.8, 4) is 11.5 Å². The Morgan fingerprint density at radius 2 is 2.16 bits per heavy atom. The Labute approximate surface area is 120 Å². The van der Waals surface area contributed by atoms with Gasteiger partial charge >= 0.3 is 0 Å². The zero-order valence-corrected chi connectivity index (χ0v) is 12.4. The van der Waals surface area contributed by atoms with Crippen LogP contribution in [0.5, 0.6) is 11.5 Å². The van der Waals surface area contributed by atoms with Crippen molar-refractivity contribution in [1.29, 1.82) is 0 Å². The van der Waals surface area contributed by atoms with Gasteiger partial charge in [-0.2, -0.15) is 0 Å². The molecule has 1 aromatic carbocycles. The first-order chi connectivity index (χ1) is 9.11. The van der Waals surface area contributed by atoms with Gasteiger partial charge in [-0.25, -0.2) is 0 Å². The van der Waals surface area contributed by atoms with Crippen molar-refractivity contribution in [3.05, 3.63) is 22.7 Å². The first-order valence-electron chi connectivity index (χ1n) is 6.91. The summed E-state index contributed by atoms with van der Waals surface area (Å²) in [5.41, 5.74) is 0.845. The summed E-state index contributed by atoms with van der Waals surface area (Å²) in [5, 5.41) is 10.8. The number of halogens is 1. The second-order valence-corrected chi connectivity index (χ2v) is 5.72. The molecule has 1 aliphatic heterocycles. The molecule has 4 heteroatoms. The lowest BCUT2D eigenvalue weighted by Crippen LogP contribution is -2.31. The molecule has 0 aromatic heterocycles. The van der Waals surface area contributed by atoms with Gasteiger partial charge in [-0.1, -0.05) is 24.4 Å². The fourth-order valence-electron chi connectivity index (χ4n) is 2.69. The Kier molecular flexibility index (Phi) is 4.94. The van der Waals surface area contributed by atoms with Crippen molar-refractivity contribution in [2.45, 2.75) is 45.2 Å². The highest BCUT2D eigenvalue weighted by Crippen LogP contribution is 2.34. The summed E-state index contributed by atoms with van der Waals surface area (Å²) in [5.74, 6) is 0.660. The van der Waals surface area contributed by atoms with Crippen LogP contribution in [-0.2, 0) is 6.54 Å². The summed E-state index contributed by atoms with van der Waals surface area (Å²) in [7, 11) is 1.55. The van der Waals surface area contributed by atoms with Crippen molar-refractivity contribution >= 4 is 11.6 Å². The zero-order chi connectivity index (χ0) is 13.8. The molecule has 0 amide bonds. The molecule has 1 heterocycles. The van der Waals surface area contributed by atoms with Gasteiger partial charge in [0.15, 0.2) is 11.5 Å². The maximum atomic E-state index is 10.2. The largest absolute Gasteiger partial charge is 0.504 e. The number of hydrogen-bond acceptors (Lipinski definition) is 3. The average molecular weight is 284 g/mol. The monoisotopic (exact) mass is 283 g/mol. The van der Waals surface area contributed by atoms with Crippen LogP contribution in [0.1, 0.15) is 38.2 Å². The van der Waals surface area contributed by atoms with Gasteiger partial charge in [0.2, 0.25) is 0 Å². The third-order valence-electron chi connectivity index (χ3n) is 3.90. The number of phenols is 1. The summed E-state index contributed by atoms with van der Waals surface area (Å²) in [6.45, 7) is 4.06. The highest BCUT2D eigenvalue weighted by atomic mass is 35.5. The van der Waals surface area contributed by atoms with E-state index in [4.69, 9.17) is 16.3 Å². The number of hydrogen-bond donors (Lipinski definition) is 1. The fraction of sp³-hybridized carbons (Fsp3) is 0.600. The molecule has 0 radical (unpaired) electrons. The van der Waals surface area contributed by atoms with E-state index < -0.39 is 0 Å². The number of aromatic hydroxyl groups is 1. The van der Waals surface area contributed by atoms with Crippen molar-refractivity contribution in [2.24, 2.45) is 0 Å². The molecular formula is C15H22ClNO2. The molecule has 19 heavy (non-hydrogen) atoms. The molecule has 1 fully saturated rings. The van der Waals surface area contributed by atoms with Crippen LogP contribution >= 0.6 is 11.6 Å². The van der Waals surface area contributed by atoms with E-state index in [1.165, 1.54) is 25.7 Å². The average Bonchev–Trinajstić information content (AvgIpc) is 2.59. The Hall–Kier alpha value is -0.930. The molecule has 1 unspecified atom stereocenters. The number of likely N-dealkylation sites (tertiary alicyclic amines) is 1. The van der Waals surface area contributed by atoms with Crippen LogP contribution in [0.25, 0.3) is 0 Å².